The van der Waals surface area contributed by atoms with Crippen LogP contribution in [0, 0.1) is 0 Å². The number of carboxylic acid groups (broad SMARTS) is 1. The summed E-state index contributed by atoms with van der Waals surface area (Å²) in [6, 6.07) is 4.97. The standard InChI is InChI=1S/C9H11NO4S/c11-9(12)4-6-15(13,14)7-8-3-1-2-5-10-8/h1-3,5H,4,6-7H2,(H,11,12). The van der Waals surface area contributed by atoms with Crippen LogP contribution in [0.1, 0.15) is 12.1 Å². The van der Waals surface area contributed by atoms with E-state index in [1.807, 2.05) is 0 Å². The van der Waals surface area contributed by atoms with E-state index in [4.69, 9.17) is 5.11 Å². The lowest BCUT2D eigenvalue weighted by atomic mass is 10.4. The zero-order chi connectivity index (χ0) is 11.3. The first-order valence-electron chi connectivity index (χ1n) is 4.32. The number of aromatic nitrogens is 1. The Morgan fingerprint density at radius 1 is 1.40 bits per heavy atom. The van der Waals surface area contributed by atoms with Gasteiger partial charge < -0.3 is 5.11 Å². The van der Waals surface area contributed by atoms with E-state index in [2.05, 4.69) is 4.98 Å². The van der Waals surface area contributed by atoms with Gasteiger partial charge in [-0.15, -0.1) is 0 Å². The Kier molecular flexibility index (Phi) is 3.79. The summed E-state index contributed by atoms with van der Waals surface area (Å²) < 4.78 is 22.8. The van der Waals surface area contributed by atoms with Crippen molar-refractivity contribution in [3.8, 4) is 0 Å². The monoisotopic (exact) mass is 229 g/mol. The number of carbonyl (C=O) groups is 1. The predicted molar refractivity (Wildman–Crippen MR) is 54.0 cm³/mol. The fraction of sp³-hybridized carbons (Fsp3) is 0.333. The van der Waals surface area contributed by atoms with Crippen LogP contribution in [0.2, 0.25) is 0 Å². The smallest absolute Gasteiger partial charge is 0.304 e. The van der Waals surface area contributed by atoms with Crippen molar-refractivity contribution < 1.29 is 18.3 Å². The maximum atomic E-state index is 11.4. The highest BCUT2D eigenvalue weighted by Gasteiger charge is 2.14. The Morgan fingerprint density at radius 2 is 2.13 bits per heavy atom. The minimum absolute atomic E-state index is 0.207. The largest absolute Gasteiger partial charge is 0.481 e. The molecular weight excluding hydrogens is 218 g/mol. The molecule has 0 aliphatic carbocycles. The van der Waals surface area contributed by atoms with E-state index in [0.29, 0.717) is 5.69 Å². The number of carboxylic acids is 1. The van der Waals surface area contributed by atoms with Crippen LogP contribution in [0.4, 0.5) is 0 Å². The van der Waals surface area contributed by atoms with Crippen LogP contribution in [0.15, 0.2) is 24.4 Å². The minimum atomic E-state index is -3.37. The lowest BCUT2D eigenvalue weighted by Gasteiger charge is -2.01. The molecule has 1 rings (SSSR count). The van der Waals surface area contributed by atoms with Crippen LogP contribution < -0.4 is 0 Å². The Hall–Kier alpha value is -1.43. The van der Waals surface area contributed by atoms with Gasteiger partial charge >= 0.3 is 5.97 Å². The first-order chi connectivity index (χ1) is 6.99. The zero-order valence-corrected chi connectivity index (χ0v) is 8.77. The third-order valence-electron chi connectivity index (χ3n) is 1.72. The van der Waals surface area contributed by atoms with Crippen LogP contribution >= 0.6 is 0 Å². The van der Waals surface area contributed by atoms with Crippen molar-refractivity contribution in [1.82, 2.24) is 4.98 Å². The van der Waals surface area contributed by atoms with E-state index in [9.17, 15) is 13.2 Å². The number of rotatable bonds is 5. The maximum Gasteiger partial charge on any atom is 0.304 e. The molecule has 82 valence electrons. The number of hydrogen-bond donors (Lipinski definition) is 1. The maximum absolute atomic E-state index is 11.4. The number of sulfone groups is 1. The molecule has 0 spiro atoms. The normalized spacial score (nSPS) is 11.2. The Bertz CT molecular complexity index is 427. The van der Waals surface area contributed by atoms with Crippen LogP contribution in [0.3, 0.4) is 0 Å². The third-order valence-corrected chi connectivity index (χ3v) is 3.28. The van der Waals surface area contributed by atoms with Crippen molar-refractivity contribution in [2.24, 2.45) is 0 Å². The van der Waals surface area contributed by atoms with Gasteiger partial charge in [0.2, 0.25) is 0 Å². The Labute approximate surface area is 87.7 Å². The lowest BCUT2D eigenvalue weighted by molar-refractivity contribution is -0.136. The molecule has 1 heterocycles. The molecule has 1 aromatic heterocycles. The molecule has 1 aromatic rings. The number of aliphatic carboxylic acids is 1. The fourth-order valence-electron chi connectivity index (χ4n) is 1.02. The van der Waals surface area contributed by atoms with Gasteiger partial charge in [-0.2, -0.15) is 0 Å². The van der Waals surface area contributed by atoms with E-state index in [-0.39, 0.29) is 17.9 Å². The summed E-state index contributed by atoms with van der Waals surface area (Å²) in [5, 5.41) is 8.36. The summed E-state index contributed by atoms with van der Waals surface area (Å²) in [6.45, 7) is 0. The Morgan fingerprint density at radius 3 is 2.67 bits per heavy atom. The lowest BCUT2D eigenvalue weighted by Crippen LogP contribution is -2.13. The SMILES string of the molecule is O=C(O)CCS(=O)(=O)Cc1ccccn1. The molecule has 0 unspecified atom stereocenters. The molecule has 0 bridgehead atoms. The second kappa shape index (κ2) is 4.88. The van der Waals surface area contributed by atoms with E-state index >= 15 is 0 Å². The molecule has 15 heavy (non-hydrogen) atoms. The molecule has 1 N–H and O–H groups in total. The van der Waals surface area contributed by atoms with E-state index in [1.54, 1.807) is 18.2 Å². The molecule has 0 saturated heterocycles. The van der Waals surface area contributed by atoms with Gasteiger partial charge in [0.1, 0.15) is 0 Å². The predicted octanol–water partition coefficient (Wildman–Crippen LogP) is 0.471. The number of pyridine rings is 1. The molecule has 0 aromatic carbocycles. The average Bonchev–Trinajstić information content (AvgIpc) is 2.16. The highest BCUT2D eigenvalue weighted by molar-refractivity contribution is 7.90. The van der Waals surface area contributed by atoms with E-state index < -0.39 is 15.8 Å². The number of nitrogens with zero attached hydrogens (tertiary/aromatic N) is 1. The van der Waals surface area contributed by atoms with Gasteiger partial charge in [0, 0.05) is 6.20 Å². The summed E-state index contributed by atoms with van der Waals surface area (Å²) in [7, 11) is -3.37. The minimum Gasteiger partial charge on any atom is -0.481 e. The van der Waals surface area contributed by atoms with Crippen molar-refractivity contribution in [3.63, 3.8) is 0 Å². The van der Waals surface area contributed by atoms with Gasteiger partial charge in [0.05, 0.1) is 23.6 Å². The van der Waals surface area contributed by atoms with Crippen molar-refractivity contribution in [2.75, 3.05) is 5.75 Å². The van der Waals surface area contributed by atoms with Gasteiger partial charge in [0.25, 0.3) is 0 Å². The highest BCUT2D eigenvalue weighted by atomic mass is 32.2. The van der Waals surface area contributed by atoms with Gasteiger partial charge in [0.15, 0.2) is 9.84 Å². The molecule has 0 fully saturated rings. The van der Waals surface area contributed by atoms with Crippen LogP contribution in [0.5, 0.6) is 0 Å². The summed E-state index contributed by atoms with van der Waals surface area (Å²) in [6.07, 6.45) is 1.14. The summed E-state index contributed by atoms with van der Waals surface area (Å²) in [5.74, 6) is -1.67. The molecule has 6 heteroatoms. The number of hydrogen-bond acceptors (Lipinski definition) is 4. The van der Waals surface area contributed by atoms with Crippen molar-refractivity contribution >= 4 is 15.8 Å². The van der Waals surface area contributed by atoms with Crippen molar-refractivity contribution in [3.05, 3.63) is 30.1 Å². The summed E-state index contributed by atoms with van der Waals surface area (Å²) >= 11 is 0. The fourth-order valence-corrected chi connectivity index (χ4v) is 2.28. The Balaban J connectivity index is 2.61. The molecule has 0 atom stereocenters. The van der Waals surface area contributed by atoms with Crippen LogP contribution in [-0.2, 0) is 20.4 Å². The zero-order valence-electron chi connectivity index (χ0n) is 7.96. The van der Waals surface area contributed by atoms with Gasteiger partial charge in [-0.05, 0) is 12.1 Å². The molecular formula is C9H11NO4S. The van der Waals surface area contributed by atoms with Gasteiger partial charge in [-0.1, -0.05) is 6.07 Å². The van der Waals surface area contributed by atoms with Crippen LogP contribution in [0.25, 0.3) is 0 Å². The molecule has 0 saturated carbocycles. The molecule has 0 radical (unpaired) electrons. The summed E-state index contributed by atoms with van der Waals surface area (Å²) in [5.41, 5.74) is 0.433. The van der Waals surface area contributed by atoms with Gasteiger partial charge in [-0.3, -0.25) is 9.78 Å². The summed E-state index contributed by atoms with van der Waals surface area (Å²) in [4.78, 5) is 14.1. The second-order valence-corrected chi connectivity index (χ2v) is 5.24. The quantitative estimate of drug-likeness (QED) is 0.793. The highest BCUT2D eigenvalue weighted by Crippen LogP contribution is 2.04. The van der Waals surface area contributed by atoms with Crippen LogP contribution in [-0.4, -0.2) is 30.2 Å². The van der Waals surface area contributed by atoms with E-state index in [0.717, 1.165) is 0 Å². The molecule has 0 aliphatic heterocycles. The van der Waals surface area contributed by atoms with E-state index in [1.165, 1.54) is 6.20 Å². The molecule has 0 amide bonds. The first kappa shape index (κ1) is 11.6. The average molecular weight is 229 g/mol. The van der Waals surface area contributed by atoms with Crippen molar-refractivity contribution in [1.29, 1.82) is 0 Å². The first-order valence-corrected chi connectivity index (χ1v) is 6.14. The topological polar surface area (TPSA) is 84.3 Å². The van der Waals surface area contributed by atoms with Gasteiger partial charge in [-0.25, -0.2) is 8.42 Å². The van der Waals surface area contributed by atoms with Crippen molar-refractivity contribution in [2.45, 2.75) is 12.2 Å². The second-order valence-electron chi connectivity index (χ2n) is 3.06. The third kappa shape index (κ3) is 4.55. The molecule has 5 nitrogen and oxygen atoms in total. The molecule has 0 aliphatic rings.